The molecule has 0 unspecified atom stereocenters. The van der Waals surface area contributed by atoms with Gasteiger partial charge in [-0.25, -0.2) is 4.79 Å². The molecule has 1 saturated carbocycles. The van der Waals surface area contributed by atoms with Gasteiger partial charge < -0.3 is 24.6 Å². The van der Waals surface area contributed by atoms with Gasteiger partial charge in [-0.1, -0.05) is 28.1 Å². The minimum atomic E-state index is -0.252. The van der Waals surface area contributed by atoms with Crippen LogP contribution < -0.4 is 14.8 Å². The highest BCUT2D eigenvalue weighted by Gasteiger charge is 2.35. The summed E-state index contributed by atoms with van der Waals surface area (Å²) in [6.45, 7) is 1.14. The van der Waals surface area contributed by atoms with Crippen LogP contribution in [0.25, 0.3) is 0 Å². The molecule has 0 bridgehead atoms. The second-order valence-corrected chi connectivity index (χ2v) is 10.3. The quantitative estimate of drug-likeness (QED) is 0.410. The summed E-state index contributed by atoms with van der Waals surface area (Å²) < 4.78 is 11.8. The third-order valence-electron chi connectivity index (χ3n) is 5.74. The van der Waals surface area contributed by atoms with Crippen LogP contribution in [0.2, 0.25) is 0 Å². The Labute approximate surface area is 210 Å². The van der Waals surface area contributed by atoms with Crippen LogP contribution in [0, 0.1) is 0 Å². The van der Waals surface area contributed by atoms with Crippen molar-refractivity contribution in [2.75, 3.05) is 18.7 Å². The van der Waals surface area contributed by atoms with E-state index in [1.54, 1.807) is 21.1 Å². The molecule has 1 aliphatic heterocycles. The van der Waals surface area contributed by atoms with Crippen LogP contribution in [-0.2, 0) is 17.9 Å². The van der Waals surface area contributed by atoms with E-state index in [1.807, 2.05) is 60.0 Å². The maximum Gasteiger partial charge on any atom is 0.322 e. The predicted molar refractivity (Wildman–Crippen MR) is 134 cm³/mol. The van der Waals surface area contributed by atoms with Gasteiger partial charge in [0.25, 0.3) is 0 Å². The van der Waals surface area contributed by atoms with Crippen LogP contribution >= 0.6 is 27.3 Å². The second kappa shape index (κ2) is 10.1. The highest BCUT2D eigenvalue weighted by atomic mass is 79.9. The van der Waals surface area contributed by atoms with Crippen molar-refractivity contribution in [3.05, 3.63) is 74.9 Å². The average molecular weight is 542 g/mol. The molecule has 1 aliphatic carbocycles. The zero-order valence-electron chi connectivity index (χ0n) is 18.4. The van der Waals surface area contributed by atoms with Gasteiger partial charge in [0.1, 0.15) is 6.54 Å². The van der Waals surface area contributed by atoms with E-state index in [2.05, 4.69) is 21.2 Å². The molecule has 3 aromatic rings. The number of rotatable bonds is 8. The average Bonchev–Trinajstić information content (AvgIpc) is 3.33. The van der Waals surface area contributed by atoms with Gasteiger partial charge in [-0.3, -0.25) is 4.79 Å². The highest BCUT2D eigenvalue weighted by Crippen LogP contribution is 2.33. The van der Waals surface area contributed by atoms with Gasteiger partial charge in [0.15, 0.2) is 11.5 Å². The standard InChI is InChI=1S/C25H24BrN3O4S/c26-18-4-6-19(7-5-18)27-25(31)29(20-8-9-20)15-24(30)28(14-21-2-1-11-34-21)13-17-3-10-22-23(12-17)33-16-32-22/h1-7,10-12,20H,8-9,13-16H2,(H,27,31). The number of halogens is 1. The van der Waals surface area contributed by atoms with Crippen LogP contribution in [0.1, 0.15) is 23.3 Å². The van der Waals surface area contributed by atoms with Crippen molar-refractivity contribution in [1.82, 2.24) is 9.80 Å². The van der Waals surface area contributed by atoms with E-state index in [0.29, 0.717) is 30.3 Å². The molecular formula is C25H24BrN3O4S. The van der Waals surface area contributed by atoms with Gasteiger partial charge in [0, 0.05) is 27.6 Å². The fourth-order valence-corrected chi connectivity index (χ4v) is 4.79. The molecule has 2 heterocycles. The Morgan fingerprint density at radius 1 is 1.03 bits per heavy atom. The zero-order valence-corrected chi connectivity index (χ0v) is 20.8. The van der Waals surface area contributed by atoms with Crippen LogP contribution in [0.15, 0.2) is 64.5 Å². The third-order valence-corrected chi connectivity index (χ3v) is 7.13. The van der Waals surface area contributed by atoms with E-state index in [4.69, 9.17) is 9.47 Å². The Balaban J connectivity index is 1.31. The Kier molecular flexibility index (Phi) is 6.73. The van der Waals surface area contributed by atoms with E-state index in [1.165, 1.54) is 0 Å². The summed E-state index contributed by atoms with van der Waals surface area (Å²) in [4.78, 5) is 31.1. The topological polar surface area (TPSA) is 71.1 Å². The van der Waals surface area contributed by atoms with Crippen molar-refractivity contribution in [3.8, 4) is 11.5 Å². The van der Waals surface area contributed by atoms with Crippen LogP contribution in [0.5, 0.6) is 11.5 Å². The summed E-state index contributed by atoms with van der Waals surface area (Å²) in [7, 11) is 0. The first-order valence-corrected chi connectivity index (χ1v) is 12.7. The van der Waals surface area contributed by atoms with Crippen molar-refractivity contribution in [2.24, 2.45) is 0 Å². The SMILES string of the molecule is O=C(CN(C(=O)Nc1ccc(Br)cc1)C1CC1)N(Cc1ccc2c(c1)OCO2)Cc1cccs1. The van der Waals surface area contributed by atoms with Gasteiger partial charge >= 0.3 is 6.03 Å². The number of anilines is 1. The lowest BCUT2D eigenvalue weighted by atomic mass is 10.2. The molecule has 2 aromatic carbocycles. The Bertz CT molecular complexity index is 1170. The molecule has 9 heteroatoms. The first-order chi connectivity index (χ1) is 16.5. The van der Waals surface area contributed by atoms with Gasteiger partial charge in [-0.2, -0.15) is 0 Å². The zero-order chi connectivity index (χ0) is 23.5. The van der Waals surface area contributed by atoms with Crippen molar-refractivity contribution in [1.29, 1.82) is 0 Å². The highest BCUT2D eigenvalue weighted by molar-refractivity contribution is 9.10. The Hall–Kier alpha value is -3.04. The molecule has 0 radical (unpaired) electrons. The van der Waals surface area contributed by atoms with Crippen LogP contribution in [0.3, 0.4) is 0 Å². The van der Waals surface area contributed by atoms with Crippen molar-refractivity contribution >= 4 is 44.9 Å². The summed E-state index contributed by atoms with van der Waals surface area (Å²) in [5, 5.41) is 4.93. The molecule has 2 aliphatic rings. The molecule has 0 saturated heterocycles. The fraction of sp³-hybridized carbons (Fsp3) is 0.280. The lowest BCUT2D eigenvalue weighted by Gasteiger charge is -2.28. The summed E-state index contributed by atoms with van der Waals surface area (Å²) in [6.07, 6.45) is 1.82. The largest absolute Gasteiger partial charge is 0.454 e. The predicted octanol–water partition coefficient (Wildman–Crippen LogP) is 5.46. The number of ether oxygens (including phenoxy) is 2. The number of thiophene rings is 1. The molecule has 7 nitrogen and oxygen atoms in total. The van der Waals surface area contributed by atoms with E-state index in [-0.39, 0.29) is 31.3 Å². The van der Waals surface area contributed by atoms with Gasteiger partial charge in [0.05, 0.1) is 6.54 Å². The van der Waals surface area contributed by atoms with Gasteiger partial charge in [0.2, 0.25) is 12.7 Å². The minimum Gasteiger partial charge on any atom is -0.454 e. The first kappa shape index (κ1) is 22.7. The number of urea groups is 1. The second-order valence-electron chi connectivity index (χ2n) is 8.31. The van der Waals surface area contributed by atoms with E-state index < -0.39 is 0 Å². The Morgan fingerprint density at radius 2 is 1.82 bits per heavy atom. The number of nitrogens with zero attached hydrogens (tertiary/aromatic N) is 2. The molecule has 176 valence electrons. The molecule has 1 N–H and O–H groups in total. The number of carbonyl (C=O) groups excluding carboxylic acids is 2. The monoisotopic (exact) mass is 541 g/mol. The van der Waals surface area contributed by atoms with Crippen LogP contribution in [-0.4, -0.2) is 41.1 Å². The number of carbonyl (C=O) groups is 2. The van der Waals surface area contributed by atoms with Crippen molar-refractivity contribution < 1.29 is 19.1 Å². The van der Waals surface area contributed by atoms with Crippen molar-refractivity contribution in [2.45, 2.75) is 32.0 Å². The maximum atomic E-state index is 13.5. The minimum absolute atomic E-state index is 0.0307. The summed E-state index contributed by atoms with van der Waals surface area (Å²) in [5.41, 5.74) is 1.65. The van der Waals surface area contributed by atoms with Crippen molar-refractivity contribution in [3.63, 3.8) is 0 Å². The summed E-state index contributed by atoms with van der Waals surface area (Å²) >= 11 is 5.01. The normalized spacial score (nSPS) is 14.0. The molecule has 0 atom stereocenters. The lowest BCUT2D eigenvalue weighted by molar-refractivity contribution is -0.133. The van der Waals surface area contributed by atoms with Crippen LogP contribution in [0.4, 0.5) is 10.5 Å². The number of nitrogens with one attached hydrogen (secondary N) is 1. The fourth-order valence-electron chi connectivity index (χ4n) is 3.81. The summed E-state index contributed by atoms with van der Waals surface area (Å²) in [6, 6.07) is 17.0. The molecule has 34 heavy (non-hydrogen) atoms. The summed E-state index contributed by atoms with van der Waals surface area (Å²) in [5.74, 6) is 1.31. The number of hydrogen-bond acceptors (Lipinski definition) is 5. The van der Waals surface area contributed by atoms with Gasteiger partial charge in [-0.05, 0) is 66.2 Å². The third kappa shape index (κ3) is 5.53. The van der Waals surface area contributed by atoms with E-state index in [0.717, 1.165) is 27.8 Å². The number of hydrogen-bond donors (Lipinski definition) is 1. The Morgan fingerprint density at radius 3 is 2.56 bits per heavy atom. The molecule has 0 spiro atoms. The number of fused-ring (bicyclic) bond motifs is 1. The van der Waals surface area contributed by atoms with E-state index >= 15 is 0 Å². The lowest BCUT2D eigenvalue weighted by Crippen LogP contribution is -2.45. The van der Waals surface area contributed by atoms with E-state index in [9.17, 15) is 9.59 Å². The first-order valence-electron chi connectivity index (χ1n) is 11.1. The molecule has 1 aromatic heterocycles. The smallest absolute Gasteiger partial charge is 0.322 e. The molecule has 1 fully saturated rings. The van der Waals surface area contributed by atoms with Gasteiger partial charge in [-0.15, -0.1) is 11.3 Å². The number of amides is 3. The maximum absolute atomic E-state index is 13.5. The molecule has 3 amide bonds. The molecule has 5 rings (SSSR count). The molecular weight excluding hydrogens is 518 g/mol. The number of benzene rings is 2.